The molecule has 2 unspecified atom stereocenters. The summed E-state index contributed by atoms with van der Waals surface area (Å²) >= 11 is 0. The number of likely N-dealkylation sites (tertiary alicyclic amines) is 1. The third kappa shape index (κ3) is 2.63. The number of ether oxygens (including phenoxy) is 1. The van der Waals surface area contributed by atoms with Crippen molar-refractivity contribution in [3.63, 3.8) is 0 Å². The van der Waals surface area contributed by atoms with Gasteiger partial charge in [0.05, 0.1) is 7.11 Å². The van der Waals surface area contributed by atoms with E-state index in [1.165, 1.54) is 49.9 Å². The van der Waals surface area contributed by atoms with Crippen LogP contribution in [0.2, 0.25) is 0 Å². The van der Waals surface area contributed by atoms with Crippen molar-refractivity contribution in [2.45, 2.75) is 37.8 Å². The normalized spacial score (nSPS) is 27.3. The highest BCUT2D eigenvalue weighted by atomic mass is 16.5. The van der Waals surface area contributed by atoms with Crippen molar-refractivity contribution in [1.29, 1.82) is 0 Å². The second-order valence-corrected chi connectivity index (χ2v) is 5.80. The number of rotatable bonds is 3. The third-order valence-electron chi connectivity index (χ3n) is 4.76. The van der Waals surface area contributed by atoms with Crippen LogP contribution in [0.5, 0.6) is 5.75 Å². The number of benzene rings is 1. The monoisotopic (exact) mass is 260 g/mol. The zero-order valence-corrected chi connectivity index (χ0v) is 12.0. The lowest BCUT2D eigenvalue weighted by molar-refractivity contribution is 0.217. The molecule has 3 rings (SSSR count). The molecule has 3 heteroatoms. The van der Waals surface area contributed by atoms with Crippen LogP contribution in [0.15, 0.2) is 18.2 Å². The van der Waals surface area contributed by atoms with Crippen LogP contribution in [0.25, 0.3) is 0 Å². The maximum Gasteiger partial charge on any atom is 0.119 e. The molecule has 1 aliphatic carbocycles. The van der Waals surface area contributed by atoms with Gasteiger partial charge in [-0.3, -0.25) is 4.90 Å². The van der Waals surface area contributed by atoms with Crippen LogP contribution in [0.1, 0.15) is 24.0 Å². The summed E-state index contributed by atoms with van der Waals surface area (Å²) in [6.07, 6.45) is 4.99. The smallest absolute Gasteiger partial charge is 0.119 e. The maximum atomic E-state index is 5.35. The van der Waals surface area contributed by atoms with Crippen LogP contribution in [0.3, 0.4) is 0 Å². The Morgan fingerprint density at radius 2 is 2.16 bits per heavy atom. The number of nitrogens with zero attached hydrogens (tertiary/aromatic N) is 1. The summed E-state index contributed by atoms with van der Waals surface area (Å²) < 4.78 is 5.35. The van der Waals surface area contributed by atoms with Crippen molar-refractivity contribution in [2.24, 2.45) is 0 Å². The summed E-state index contributed by atoms with van der Waals surface area (Å²) in [5, 5.41) is 3.41. The Labute approximate surface area is 115 Å². The van der Waals surface area contributed by atoms with Crippen LogP contribution in [0, 0.1) is 0 Å². The summed E-state index contributed by atoms with van der Waals surface area (Å²) in [5.74, 6) is 0.994. The molecule has 2 atom stereocenters. The average Bonchev–Trinajstić information content (AvgIpc) is 2.95. The van der Waals surface area contributed by atoms with Gasteiger partial charge in [0.25, 0.3) is 0 Å². The quantitative estimate of drug-likeness (QED) is 0.897. The maximum absolute atomic E-state index is 5.35. The van der Waals surface area contributed by atoms with Crippen molar-refractivity contribution in [2.75, 3.05) is 27.2 Å². The number of hydrogen-bond donors (Lipinski definition) is 1. The molecule has 0 aromatic heterocycles. The van der Waals surface area contributed by atoms with Gasteiger partial charge in [-0.1, -0.05) is 6.07 Å². The first-order chi connectivity index (χ1) is 9.30. The molecule has 1 aromatic rings. The van der Waals surface area contributed by atoms with Gasteiger partial charge in [0.2, 0.25) is 0 Å². The predicted octanol–water partition coefficient (Wildman–Crippen LogP) is 1.85. The standard InChI is InChI=1S/C16H24N2O/c1-17-14-7-8-18(11-14)15-5-3-12-4-6-16(19-2)10-13(12)9-15/h4,6,10,14-15,17H,3,5,7-9,11H2,1-2H3. The van der Waals surface area contributed by atoms with Crippen LogP contribution in [-0.2, 0) is 12.8 Å². The van der Waals surface area contributed by atoms with E-state index in [4.69, 9.17) is 4.74 Å². The topological polar surface area (TPSA) is 24.5 Å². The summed E-state index contributed by atoms with van der Waals surface area (Å²) in [4.78, 5) is 2.67. The Bertz CT molecular complexity index is 446. The molecule has 19 heavy (non-hydrogen) atoms. The lowest BCUT2D eigenvalue weighted by Gasteiger charge is -2.32. The lowest BCUT2D eigenvalue weighted by Crippen LogP contribution is -2.39. The minimum Gasteiger partial charge on any atom is -0.497 e. The highest BCUT2D eigenvalue weighted by Gasteiger charge is 2.29. The molecule has 2 aliphatic rings. The van der Waals surface area contributed by atoms with E-state index in [-0.39, 0.29) is 0 Å². The van der Waals surface area contributed by atoms with E-state index in [2.05, 4.69) is 35.5 Å². The largest absolute Gasteiger partial charge is 0.497 e. The first kappa shape index (κ1) is 12.9. The molecule has 1 N–H and O–H groups in total. The number of methoxy groups -OCH3 is 1. The van der Waals surface area contributed by atoms with Gasteiger partial charge in [0, 0.05) is 25.2 Å². The zero-order chi connectivity index (χ0) is 13.2. The first-order valence-corrected chi connectivity index (χ1v) is 7.37. The van der Waals surface area contributed by atoms with E-state index >= 15 is 0 Å². The Balaban J connectivity index is 1.71. The highest BCUT2D eigenvalue weighted by Crippen LogP contribution is 2.29. The summed E-state index contributed by atoms with van der Waals surface area (Å²) in [6.45, 7) is 2.45. The Morgan fingerprint density at radius 1 is 1.26 bits per heavy atom. The molecule has 0 spiro atoms. The predicted molar refractivity (Wildman–Crippen MR) is 77.8 cm³/mol. The number of nitrogens with one attached hydrogen (secondary N) is 1. The molecule has 1 aliphatic heterocycles. The summed E-state index contributed by atoms with van der Waals surface area (Å²) in [7, 11) is 3.83. The number of likely N-dealkylation sites (N-methyl/N-ethyl adjacent to an activating group) is 1. The van der Waals surface area contributed by atoms with Crippen LogP contribution in [0.4, 0.5) is 0 Å². The van der Waals surface area contributed by atoms with Crippen molar-refractivity contribution in [1.82, 2.24) is 10.2 Å². The number of hydrogen-bond acceptors (Lipinski definition) is 3. The van der Waals surface area contributed by atoms with E-state index in [0.29, 0.717) is 6.04 Å². The van der Waals surface area contributed by atoms with Crippen molar-refractivity contribution < 1.29 is 4.74 Å². The van der Waals surface area contributed by atoms with Crippen molar-refractivity contribution in [3.05, 3.63) is 29.3 Å². The average molecular weight is 260 g/mol. The molecule has 0 bridgehead atoms. The Hall–Kier alpha value is -1.06. The molecule has 104 valence electrons. The summed E-state index contributed by atoms with van der Waals surface area (Å²) in [5.41, 5.74) is 3.00. The molecule has 1 saturated heterocycles. The third-order valence-corrected chi connectivity index (χ3v) is 4.76. The van der Waals surface area contributed by atoms with E-state index in [1.807, 2.05) is 0 Å². The fraction of sp³-hybridized carbons (Fsp3) is 0.625. The van der Waals surface area contributed by atoms with Gasteiger partial charge in [-0.05, 0) is 56.0 Å². The number of aryl methyl sites for hydroxylation is 1. The van der Waals surface area contributed by atoms with Gasteiger partial charge in [-0.2, -0.15) is 0 Å². The highest BCUT2D eigenvalue weighted by molar-refractivity contribution is 5.38. The molecule has 1 aromatic carbocycles. The lowest BCUT2D eigenvalue weighted by atomic mass is 9.87. The van der Waals surface area contributed by atoms with E-state index in [0.717, 1.165) is 11.8 Å². The fourth-order valence-electron chi connectivity index (χ4n) is 3.51. The van der Waals surface area contributed by atoms with Gasteiger partial charge >= 0.3 is 0 Å². The SMILES string of the molecule is CNC1CCN(C2CCc3ccc(OC)cc3C2)C1. The molecule has 1 fully saturated rings. The van der Waals surface area contributed by atoms with Gasteiger partial charge in [-0.25, -0.2) is 0 Å². The van der Waals surface area contributed by atoms with Gasteiger partial charge in [-0.15, -0.1) is 0 Å². The van der Waals surface area contributed by atoms with Crippen molar-refractivity contribution in [3.8, 4) is 5.75 Å². The molecule has 0 radical (unpaired) electrons. The number of fused-ring (bicyclic) bond motifs is 1. The molecule has 1 heterocycles. The molecule has 3 nitrogen and oxygen atoms in total. The second-order valence-electron chi connectivity index (χ2n) is 5.80. The molecular weight excluding hydrogens is 236 g/mol. The van der Waals surface area contributed by atoms with E-state index in [1.54, 1.807) is 7.11 Å². The summed E-state index contributed by atoms with van der Waals surface area (Å²) in [6, 6.07) is 7.97. The molecule has 0 amide bonds. The Morgan fingerprint density at radius 3 is 2.89 bits per heavy atom. The molecule has 0 saturated carbocycles. The van der Waals surface area contributed by atoms with E-state index in [9.17, 15) is 0 Å². The van der Waals surface area contributed by atoms with Crippen LogP contribution in [-0.4, -0.2) is 44.2 Å². The van der Waals surface area contributed by atoms with Gasteiger partial charge in [0.15, 0.2) is 0 Å². The van der Waals surface area contributed by atoms with Crippen LogP contribution < -0.4 is 10.1 Å². The fourth-order valence-corrected chi connectivity index (χ4v) is 3.51. The minimum atomic E-state index is 0.687. The Kier molecular flexibility index (Phi) is 3.76. The second kappa shape index (κ2) is 5.51. The minimum absolute atomic E-state index is 0.687. The van der Waals surface area contributed by atoms with Gasteiger partial charge in [0.1, 0.15) is 5.75 Å². The first-order valence-electron chi connectivity index (χ1n) is 7.37. The van der Waals surface area contributed by atoms with Gasteiger partial charge < -0.3 is 10.1 Å². The van der Waals surface area contributed by atoms with Crippen LogP contribution >= 0.6 is 0 Å². The molecular formula is C16H24N2O. The zero-order valence-electron chi connectivity index (χ0n) is 12.0. The van der Waals surface area contributed by atoms with E-state index < -0.39 is 0 Å². The van der Waals surface area contributed by atoms with Crippen molar-refractivity contribution >= 4 is 0 Å².